The summed E-state index contributed by atoms with van der Waals surface area (Å²) >= 11 is 3.61. The highest BCUT2D eigenvalue weighted by molar-refractivity contribution is 9.09. The molecule has 1 aromatic rings. The predicted octanol–water partition coefficient (Wildman–Crippen LogP) is 1.75. The summed E-state index contributed by atoms with van der Waals surface area (Å²) < 4.78 is 0. The molecule has 2 rings (SSSR count). The summed E-state index contributed by atoms with van der Waals surface area (Å²) in [5.41, 5.74) is 8.52. The summed E-state index contributed by atoms with van der Waals surface area (Å²) in [5, 5.41) is 3.35. The van der Waals surface area contributed by atoms with Crippen molar-refractivity contribution < 1.29 is 0 Å². The number of benzene rings is 1. The van der Waals surface area contributed by atoms with E-state index in [1.54, 1.807) is 0 Å². The third-order valence-electron chi connectivity index (χ3n) is 2.43. The Bertz CT molecular complexity index is 301. The Morgan fingerprint density at radius 2 is 2.15 bits per heavy atom. The zero-order valence-corrected chi connectivity index (χ0v) is 8.92. The first-order valence-electron chi connectivity index (χ1n) is 4.49. The second kappa shape index (κ2) is 3.68. The predicted molar refractivity (Wildman–Crippen MR) is 59.3 cm³/mol. The molecule has 1 aliphatic heterocycles. The number of para-hydroxylation sites is 1. The van der Waals surface area contributed by atoms with Crippen LogP contribution in [0.1, 0.15) is 5.56 Å². The van der Waals surface area contributed by atoms with Crippen LogP contribution in [0.4, 0.5) is 5.69 Å². The smallest absolute Gasteiger partial charge is 0.0373 e. The largest absolute Gasteiger partial charge is 0.383 e. The standard InChI is InChI=1S/C10H13BrN2/c11-8-5-7-3-1-2-4-10(7)13-6-9(8)12/h1-4,8-9,13H,5-6,12H2/t8-,9-/m1/s1. The first kappa shape index (κ1) is 9.03. The number of fused-ring (bicyclic) bond motifs is 1. The van der Waals surface area contributed by atoms with Gasteiger partial charge >= 0.3 is 0 Å². The maximum atomic E-state index is 5.95. The molecule has 1 aromatic carbocycles. The fourth-order valence-corrected chi connectivity index (χ4v) is 2.12. The number of anilines is 1. The Balaban J connectivity index is 2.29. The molecule has 70 valence electrons. The van der Waals surface area contributed by atoms with Gasteiger partial charge < -0.3 is 11.1 Å². The molecule has 0 radical (unpaired) electrons. The van der Waals surface area contributed by atoms with Crippen molar-refractivity contribution in [2.45, 2.75) is 17.3 Å². The van der Waals surface area contributed by atoms with Crippen LogP contribution in [-0.2, 0) is 6.42 Å². The maximum absolute atomic E-state index is 5.95. The fourth-order valence-electron chi connectivity index (χ4n) is 1.59. The lowest BCUT2D eigenvalue weighted by Gasteiger charge is -2.13. The van der Waals surface area contributed by atoms with Crippen molar-refractivity contribution in [3.63, 3.8) is 0 Å². The Kier molecular flexibility index (Phi) is 2.56. The van der Waals surface area contributed by atoms with E-state index in [9.17, 15) is 0 Å². The number of nitrogens with two attached hydrogens (primary N) is 1. The lowest BCUT2D eigenvalue weighted by molar-refractivity contribution is 0.678. The van der Waals surface area contributed by atoms with Crippen LogP contribution in [0.3, 0.4) is 0 Å². The molecule has 0 fully saturated rings. The maximum Gasteiger partial charge on any atom is 0.0373 e. The van der Waals surface area contributed by atoms with Gasteiger partial charge in [-0.3, -0.25) is 0 Å². The summed E-state index contributed by atoms with van der Waals surface area (Å²) in [5.74, 6) is 0. The highest BCUT2D eigenvalue weighted by Gasteiger charge is 2.19. The molecule has 0 unspecified atom stereocenters. The number of hydrogen-bond acceptors (Lipinski definition) is 2. The monoisotopic (exact) mass is 240 g/mol. The van der Waals surface area contributed by atoms with E-state index in [4.69, 9.17) is 5.73 Å². The quantitative estimate of drug-likeness (QED) is 0.679. The second-order valence-electron chi connectivity index (χ2n) is 3.42. The van der Waals surface area contributed by atoms with E-state index in [0.717, 1.165) is 13.0 Å². The molecule has 0 aliphatic carbocycles. The van der Waals surface area contributed by atoms with Crippen molar-refractivity contribution in [3.05, 3.63) is 29.8 Å². The van der Waals surface area contributed by atoms with Crippen LogP contribution in [-0.4, -0.2) is 17.4 Å². The van der Waals surface area contributed by atoms with Gasteiger partial charge in [0.15, 0.2) is 0 Å². The number of rotatable bonds is 0. The lowest BCUT2D eigenvalue weighted by Crippen LogP contribution is -2.36. The van der Waals surface area contributed by atoms with Gasteiger partial charge in [-0.05, 0) is 18.1 Å². The van der Waals surface area contributed by atoms with Gasteiger partial charge in [-0.2, -0.15) is 0 Å². The number of halogens is 1. The SMILES string of the molecule is N[C@@H]1CNc2ccccc2C[C@H]1Br. The summed E-state index contributed by atoms with van der Waals surface area (Å²) in [6, 6.07) is 8.55. The molecule has 0 saturated heterocycles. The van der Waals surface area contributed by atoms with Crippen LogP contribution in [0.15, 0.2) is 24.3 Å². The van der Waals surface area contributed by atoms with Crippen LogP contribution in [0, 0.1) is 0 Å². The normalized spacial score (nSPS) is 27.2. The van der Waals surface area contributed by atoms with E-state index in [1.165, 1.54) is 11.3 Å². The van der Waals surface area contributed by atoms with Gasteiger partial charge in [-0.25, -0.2) is 0 Å². The Morgan fingerprint density at radius 3 is 3.00 bits per heavy atom. The Morgan fingerprint density at radius 1 is 1.38 bits per heavy atom. The zero-order valence-electron chi connectivity index (χ0n) is 7.33. The molecule has 1 aliphatic rings. The van der Waals surface area contributed by atoms with Crippen LogP contribution < -0.4 is 11.1 Å². The molecule has 0 saturated carbocycles. The average Bonchev–Trinajstić information content (AvgIpc) is 2.28. The third-order valence-corrected chi connectivity index (χ3v) is 3.43. The zero-order chi connectivity index (χ0) is 9.26. The topological polar surface area (TPSA) is 38.0 Å². The van der Waals surface area contributed by atoms with Crippen molar-refractivity contribution >= 4 is 21.6 Å². The summed E-state index contributed by atoms with van der Waals surface area (Å²) in [7, 11) is 0. The van der Waals surface area contributed by atoms with E-state index in [0.29, 0.717) is 4.83 Å². The van der Waals surface area contributed by atoms with Crippen molar-refractivity contribution in [1.29, 1.82) is 0 Å². The molecule has 0 spiro atoms. The fraction of sp³-hybridized carbons (Fsp3) is 0.400. The highest BCUT2D eigenvalue weighted by atomic mass is 79.9. The minimum Gasteiger partial charge on any atom is -0.383 e. The van der Waals surface area contributed by atoms with Crippen molar-refractivity contribution in [3.8, 4) is 0 Å². The Labute approximate surface area is 86.6 Å². The van der Waals surface area contributed by atoms with Gasteiger partial charge in [0.05, 0.1) is 0 Å². The van der Waals surface area contributed by atoms with Gasteiger partial charge in [-0.15, -0.1) is 0 Å². The molecule has 1 heterocycles. The van der Waals surface area contributed by atoms with Gasteiger partial charge in [0, 0.05) is 23.1 Å². The molecule has 3 heteroatoms. The van der Waals surface area contributed by atoms with Gasteiger partial charge in [0.1, 0.15) is 0 Å². The van der Waals surface area contributed by atoms with E-state index in [-0.39, 0.29) is 6.04 Å². The van der Waals surface area contributed by atoms with E-state index in [2.05, 4.69) is 39.4 Å². The summed E-state index contributed by atoms with van der Waals surface area (Å²) in [6.07, 6.45) is 1.00. The second-order valence-corrected chi connectivity index (χ2v) is 4.60. The Hall–Kier alpha value is -0.540. The summed E-state index contributed by atoms with van der Waals surface area (Å²) in [6.45, 7) is 0.840. The highest BCUT2D eigenvalue weighted by Crippen LogP contribution is 2.23. The van der Waals surface area contributed by atoms with E-state index < -0.39 is 0 Å². The van der Waals surface area contributed by atoms with Crippen molar-refractivity contribution in [2.24, 2.45) is 5.73 Å². The van der Waals surface area contributed by atoms with Crippen LogP contribution in [0.2, 0.25) is 0 Å². The van der Waals surface area contributed by atoms with Crippen molar-refractivity contribution in [1.82, 2.24) is 0 Å². The molecule has 0 aromatic heterocycles. The molecule has 0 amide bonds. The minimum absolute atomic E-state index is 0.187. The van der Waals surface area contributed by atoms with Crippen molar-refractivity contribution in [2.75, 3.05) is 11.9 Å². The summed E-state index contributed by atoms with van der Waals surface area (Å²) in [4.78, 5) is 0.378. The number of alkyl halides is 1. The molecule has 2 atom stereocenters. The third kappa shape index (κ3) is 1.86. The average molecular weight is 241 g/mol. The van der Waals surface area contributed by atoms with Crippen LogP contribution in [0.5, 0.6) is 0 Å². The first-order valence-corrected chi connectivity index (χ1v) is 5.40. The molecule has 13 heavy (non-hydrogen) atoms. The molecule has 0 bridgehead atoms. The molecule has 2 nitrogen and oxygen atoms in total. The van der Waals surface area contributed by atoms with Crippen LogP contribution >= 0.6 is 15.9 Å². The van der Waals surface area contributed by atoms with E-state index >= 15 is 0 Å². The van der Waals surface area contributed by atoms with Gasteiger partial charge in [0.2, 0.25) is 0 Å². The number of nitrogens with one attached hydrogen (secondary N) is 1. The molecular formula is C10H13BrN2. The van der Waals surface area contributed by atoms with E-state index in [1.807, 2.05) is 6.07 Å². The minimum atomic E-state index is 0.187. The van der Waals surface area contributed by atoms with Gasteiger partial charge in [0.25, 0.3) is 0 Å². The molecule has 3 N–H and O–H groups in total. The number of hydrogen-bond donors (Lipinski definition) is 2. The van der Waals surface area contributed by atoms with Crippen LogP contribution in [0.25, 0.3) is 0 Å². The first-order chi connectivity index (χ1) is 6.27. The molecular weight excluding hydrogens is 228 g/mol. The van der Waals surface area contributed by atoms with Gasteiger partial charge in [-0.1, -0.05) is 34.1 Å². The lowest BCUT2D eigenvalue weighted by atomic mass is 10.1.